The highest BCUT2D eigenvalue weighted by molar-refractivity contribution is 6.00. The van der Waals surface area contributed by atoms with Crippen LogP contribution in [0.3, 0.4) is 0 Å². The van der Waals surface area contributed by atoms with E-state index in [9.17, 15) is 14.3 Å². The van der Waals surface area contributed by atoms with Gasteiger partial charge in [0.05, 0.1) is 23.2 Å². The Morgan fingerprint density at radius 2 is 2.22 bits per heavy atom. The zero-order valence-corrected chi connectivity index (χ0v) is 10.0. The number of fused-ring (bicyclic) bond motifs is 1. The Kier molecular flexibility index (Phi) is 3.14. The first-order valence-corrected chi connectivity index (χ1v) is 5.51. The maximum atomic E-state index is 13.7. The molecule has 0 radical (unpaired) electrons. The average Bonchev–Trinajstić information content (AvgIpc) is 2.28. The number of carbonyl (C=O) groups excluding carboxylic acids is 1. The summed E-state index contributed by atoms with van der Waals surface area (Å²) in [6.07, 6.45) is 0. The molecule has 0 atom stereocenters. The topological polar surface area (TPSA) is 59.4 Å². The first-order chi connectivity index (χ1) is 8.56. The molecule has 0 aliphatic carbocycles. The highest BCUT2D eigenvalue weighted by Gasteiger charge is 2.21. The monoisotopic (exact) mass is 249 g/mol. The number of esters is 1. The van der Waals surface area contributed by atoms with Gasteiger partial charge in [-0.3, -0.25) is 4.98 Å². The molecule has 0 saturated carbocycles. The van der Waals surface area contributed by atoms with Crippen LogP contribution in [-0.2, 0) is 4.74 Å². The van der Waals surface area contributed by atoms with Crippen LogP contribution < -0.4 is 0 Å². The number of aromatic nitrogens is 1. The van der Waals surface area contributed by atoms with E-state index in [1.54, 1.807) is 19.9 Å². The van der Waals surface area contributed by atoms with Crippen molar-refractivity contribution in [2.45, 2.75) is 13.8 Å². The van der Waals surface area contributed by atoms with Crippen molar-refractivity contribution in [2.24, 2.45) is 0 Å². The number of benzene rings is 1. The zero-order chi connectivity index (χ0) is 13.3. The van der Waals surface area contributed by atoms with Crippen molar-refractivity contribution in [2.75, 3.05) is 6.61 Å². The third-order valence-electron chi connectivity index (χ3n) is 2.59. The molecule has 2 aromatic rings. The third kappa shape index (κ3) is 1.88. The van der Waals surface area contributed by atoms with E-state index in [2.05, 4.69) is 4.98 Å². The molecule has 0 aliphatic rings. The van der Waals surface area contributed by atoms with Crippen molar-refractivity contribution < 1.29 is 19.0 Å². The van der Waals surface area contributed by atoms with Gasteiger partial charge >= 0.3 is 5.97 Å². The van der Waals surface area contributed by atoms with Crippen LogP contribution in [0, 0.1) is 12.7 Å². The maximum absolute atomic E-state index is 13.7. The number of rotatable bonds is 2. The molecule has 0 bridgehead atoms. The fourth-order valence-electron chi connectivity index (χ4n) is 1.82. The van der Waals surface area contributed by atoms with Gasteiger partial charge in [0.15, 0.2) is 0 Å². The van der Waals surface area contributed by atoms with E-state index in [1.807, 2.05) is 0 Å². The molecule has 18 heavy (non-hydrogen) atoms. The molecule has 1 aromatic carbocycles. The number of pyridine rings is 1. The van der Waals surface area contributed by atoms with Gasteiger partial charge < -0.3 is 9.84 Å². The molecule has 4 nitrogen and oxygen atoms in total. The molecule has 5 heteroatoms. The second kappa shape index (κ2) is 4.60. The number of hydrogen-bond donors (Lipinski definition) is 1. The Morgan fingerprint density at radius 1 is 1.50 bits per heavy atom. The van der Waals surface area contributed by atoms with Gasteiger partial charge in [0.25, 0.3) is 0 Å². The summed E-state index contributed by atoms with van der Waals surface area (Å²) in [5, 5.41) is 9.96. The van der Waals surface area contributed by atoms with Crippen LogP contribution >= 0.6 is 0 Å². The summed E-state index contributed by atoms with van der Waals surface area (Å²) < 4.78 is 18.5. The van der Waals surface area contributed by atoms with Crippen LogP contribution in [0.5, 0.6) is 5.75 Å². The molecule has 2 rings (SSSR count). The molecule has 0 saturated heterocycles. The molecule has 0 unspecified atom stereocenters. The Morgan fingerprint density at radius 3 is 2.89 bits per heavy atom. The summed E-state index contributed by atoms with van der Waals surface area (Å²) in [4.78, 5) is 15.8. The Hall–Kier alpha value is -2.17. The lowest BCUT2D eigenvalue weighted by atomic mass is 10.1. The predicted molar refractivity (Wildman–Crippen MR) is 64.1 cm³/mol. The van der Waals surface area contributed by atoms with Crippen molar-refractivity contribution in [3.05, 3.63) is 35.3 Å². The van der Waals surface area contributed by atoms with Crippen LogP contribution in [-0.4, -0.2) is 22.7 Å². The molecule has 0 spiro atoms. The van der Waals surface area contributed by atoms with Crippen molar-refractivity contribution in [3.8, 4) is 5.75 Å². The number of nitrogens with zero attached hydrogens (tertiary/aromatic N) is 1. The molecule has 1 aromatic heterocycles. The van der Waals surface area contributed by atoms with E-state index < -0.39 is 17.5 Å². The lowest BCUT2D eigenvalue weighted by Gasteiger charge is -2.10. The fourth-order valence-corrected chi connectivity index (χ4v) is 1.82. The lowest BCUT2D eigenvalue weighted by molar-refractivity contribution is 0.0522. The maximum Gasteiger partial charge on any atom is 0.343 e. The van der Waals surface area contributed by atoms with E-state index in [-0.39, 0.29) is 17.6 Å². The minimum atomic E-state index is -0.704. The van der Waals surface area contributed by atoms with Crippen LogP contribution in [0.1, 0.15) is 23.0 Å². The van der Waals surface area contributed by atoms with E-state index in [0.29, 0.717) is 11.2 Å². The van der Waals surface area contributed by atoms with Crippen LogP contribution in [0.2, 0.25) is 0 Å². The molecule has 94 valence electrons. The van der Waals surface area contributed by atoms with Gasteiger partial charge in [-0.05, 0) is 26.0 Å². The molecular formula is C13H12FNO3. The predicted octanol–water partition coefficient (Wildman–Crippen LogP) is 2.56. The van der Waals surface area contributed by atoms with Gasteiger partial charge in [0.1, 0.15) is 17.1 Å². The molecule has 1 N–H and O–H groups in total. The molecular weight excluding hydrogens is 237 g/mol. The van der Waals surface area contributed by atoms with E-state index in [4.69, 9.17) is 4.74 Å². The quantitative estimate of drug-likeness (QED) is 0.831. The second-order valence-corrected chi connectivity index (χ2v) is 3.78. The van der Waals surface area contributed by atoms with E-state index in [0.717, 1.165) is 0 Å². The standard InChI is InChI=1S/C13H12FNO3/c1-3-18-13(17)10-7(2)15-9-6-4-5-8(14)11(9)12(10)16/h4-6H,3H2,1-2H3,(H,15,16). The number of hydrogen-bond acceptors (Lipinski definition) is 4. The largest absolute Gasteiger partial charge is 0.506 e. The van der Waals surface area contributed by atoms with Crippen LogP contribution in [0.25, 0.3) is 10.9 Å². The molecule has 0 amide bonds. The van der Waals surface area contributed by atoms with Crippen molar-refractivity contribution in [1.29, 1.82) is 0 Å². The van der Waals surface area contributed by atoms with Gasteiger partial charge in [-0.25, -0.2) is 9.18 Å². The highest BCUT2D eigenvalue weighted by Crippen LogP contribution is 2.31. The number of halogens is 1. The number of carbonyl (C=O) groups is 1. The number of aryl methyl sites for hydroxylation is 1. The lowest BCUT2D eigenvalue weighted by Crippen LogP contribution is -2.09. The summed E-state index contributed by atoms with van der Waals surface area (Å²) in [6, 6.07) is 4.27. The normalized spacial score (nSPS) is 10.6. The van der Waals surface area contributed by atoms with Gasteiger partial charge in [-0.1, -0.05) is 6.07 Å². The first kappa shape index (κ1) is 12.3. The summed E-state index contributed by atoms with van der Waals surface area (Å²) in [6.45, 7) is 3.39. The third-order valence-corrected chi connectivity index (χ3v) is 2.59. The fraction of sp³-hybridized carbons (Fsp3) is 0.231. The summed E-state index contributed by atoms with van der Waals surface area (Å²) >= 11 is 0. The Bertz CT molecular complexity index is 625. The Balaban J connectivity index is 2.75. The van der Waals surface area contributed by atoms with Crippen LogP contribution in [0.15, 0.2) is 18.2 Å². The second-order valence-electron chi connectivity index (χ2n) is 3.78. The van der Waals surface area contributed by atoms with Gasteiger partial charge in [0.2, 0.25) is 0 Å². The number of ether oxygens (including phenoxy) is 1. The first-order valence-electron chi connectivity index (χ1n) is 5.51. The number of aromatic hydroxyl groups is 1. The van der Waals surface area contributed by atoms with Crippen molar-refractivity contribution >= 4 is 16.9 Å². The summed E-state index contributed by atoms with van der Waals surface area (Å²) in [7, 11) is 0. The molecule has 0 aliphatic heterocycles. The average molecular weight is 249 g/mol. The van der Waals surface area contributed by atoms with Crippen molar-refractivity contribution in [1.82, 2.24) is 4.98 Å². The smallest absolute Gasteiger partial charge is 0.343 e. The highest BCUT2D eigenvalue weighted by atomic mass is 19.1. The van der Waals surface area contributed by atoms with Gasteiger partial charge in [0, 0.05) is 0 Å². The van der Waals surface area contributed by atoms with E-state index >= 15 is 0 Å². The molecule has 1 heterocycles. The Labute approximate surface area is 103 Å². The zero-order valence-electron chi connectivity index (χ0n) is 10.0. The summed E-state index contributed by atoms with van der Waals surface area (Å²) in [5.74, 6) is -1.75. The minimum Gasteiger partial charge on any atom is -0.506 e. The minimum absolute atomic E-state index is 0.0637. The summed E-state index contributed by atoms with van der Waals surface area (Å²) in [5.41, 5.74) is 0.525. The van der Waals surface area contributed by atoms with Gasteiger partial charge in [-0.15, -0.1) is 0 Å². The van der Waals surface area contributed by atoms with E-state index in [1.165, 1.54) is 12.1 Å². The molecule has 0 fully saturated rings. The van der Waals surface area contributed by atoms with Gasteiger partial charge in [-0.2, -0.15) is 0 Å². The van der Waals surface area contributed by atoms with Crippen LogP contribution in [0.4, 0.5) is 4.39 Å². The SMILES string of the molecule is CCOC(=O)c1c(C)nc2cccc(F)c2c1O. The van der Waals surface area contributed by atoms with Crippen molar-refractivity contribution in [3.63, 3.8) is 0 Å².